The largest absolute Gasteiger partial charge is 0.462 e. The quantitative estimate of drug-likeness (QED) is 0.0199. The van der Waals surface area contributed by atoms with Crippen LogP contribution in [0.15, 0.2) is 72.9 Å². The molecule has 0 aromatic heterocycles. The highest BCUT2D eigenvalue weighted by molar-refractivity contribution is 5.71. The Morgan fingerprint density at radius 3 is 1.05 bits per heavy atom. The maximum absolute atomic E-state index is 12.8. The second-order valence-corrected chi connectivity index (χ2v) is 17.2. The van der Waals surface area contributed by atoms with E-state index in [2.05, 4.69) is 45.1 Å². The fourth-order valence-electron chi connectivity index (χ4n) is 7.16. The molecule has 62 heavy (non-hydrogen) atoms. The van der Waals surface area contributed by atoms with Gasteiger partial charge in [-0.1, -0.05) is 235 Å². The monoisotopic (exact) mass is 865 g/mol. The first-order valence-electron chi connectivity index (χ1n) is 26.0. The highest BCUT2D eigenvalue weighted by atomic mass is 16.6. The molecule has 0 aliphatic rings. The van der Waals surface area contributed by atoms with Crippen molar-refractivity contribution in [1.82, 2.24) is 0 Å². The van der Waals surface area contributed by atoms with Gasteiger partial charge in [-0.25, -0.2) is 0 Å². The minimum atomic E-state index is -0.801. The predicted octanol–water partition coefficient (Wildman–Crippen LogP) is 17.0. The summed E-state index contributed by atoms with van der Waals surface area (Å²) in [4.78, 5) is 38.0. The molecule has 6 nitrogen and oxygen atoms in total. The molecule has 0 heterocycles. The smallest absolute Gasteiger partial charge is 0.306 e. The summed E-state index contributed by atoms with van der Waals surface area (Å²) >= 11 is 0. The van der Waals surface area contributed by atoms with Gasteiger partial charge in [0.15, 0.2) is 6.10 Å². The summed E-state index contributed by atoms with van der Waals surface area (Å²) in [7, 11) is 0. The number of hydrogen-bond donors (Lipinski definition) is 0. The van der Waals surface area contributed by atoms with Crippen LogP contribution in [-0.2, 0) is 28.6 Å². The van der Waals surface area contributed by atoms with Crippen LogP contribution in [0.1, 0.15) is 245 Å². The molecule has 6 heteroatoms. The predicted molar refractivity (Wildman–Crippen MR) is 265 cm³/mol. The zero-order valence-corrected chi connectivity index (χ0v) is 40.6. The Hall–Kier alpha value is -3.15. The lowest BCUT2D eigenvalue weighted by Gasteiger charge is -2.18. The van der Waals surface area contributed by atoms with Gasteiger partial charge in [-0.15, -0.1) is 0 Å². The van der Waals surface area contributed by atoms with Gasteiger partial charge >= 0.3 is 17.9 Å². The van der Waals surface area contributed by atoms with E-state index >= 15 is 0 Å². The van der Waals surface area contributed by atoms with E-state index in [1.807, 2.05) is 48.6 Å². The summed E-state index contributed by atoms with van der Waals surface area (Å²) in [6, 6.07) is 0. The van der Waals surface area contributed by atoms with E-state index in [4.69, 9.17) is 14.2 Å². The molecule has 0 aliphatic heterocycles. The summed E-state index contributed by atoms with van der Waals surface area (Å²) in [6.45, 7) is 6.45. The average Bonchev–Trinajstić information content (AvgIpc) is 3.27. The first kappa shape index (κ1) is 58.9. The number of allylic oxidation sites excluding steroid dienone is 12. The van der Waals surface area contributed by atoms with Crippen LogP contribution in [0.5, 0.6) is 0 Å². The molecule has 356 valence electrons. The second-order valence-electron chi connectivity index (χ2n) is 17.2. The molecule has 0 aromatic rings. The lowest BCUT2D eigenvalue weighted by atomic mass is 10.0. The molecule has 0 saturated heterocycles. The van der Waals surface area contributed by atoms with Gasteiger partial charge in [0, 0.05) is 19.3 Å². The number of hydrogen-bond acceptors (Lipinski definition) is 6. The van der Waals surface area contributed by atoms with Crippen LogP contribution in [0.25, 0.3) is 0 Å². The fraction of sp³-hybridized carbons (Fsp3) is 0.732. The third kappa shape index (κ3) is 47.9. The Bertz CT molecular complexity index is 1180. The summed E-state index contributed by atoms with van der Waals surface area (Å²) in [5, 5.41) is 0. The van der Waals surface area contributed by atoms with Crippen LogP contribution >= 0.6 is 0 Å². The first-order chi connectivity index (χ1) is 30.5. The van der Waals surface area contributed by atoms with Crippen molar-refractivity contribution in [3.8, 4) is 0 Å². The highest BCUT2D eigenvalue weighted by Gasteiger charge is 2.19. The zero-order chi connectivity index (χ0) is 45.1. The van der Waals surface area contributed by atoms with Crippen LogP contribution in [0.2, 0.25) is 0 Å². The van der Waals surface area contributed by atoms with Crippen LogP contribution in [0, 0.1) is 0 Å². The standard InChI is InChI=1S/C56H96O6/c1-4-7-10-13-16-19-22-25-27-29-31-34-37-40-43-46-49-55(58)61-52-53(51-60-54(57)48-45-42-39-36-33-30-24-21-18-15-12-9-6-3)62-56(59)50-47-44-41-38-35-32-28-26-23-20-17-14-11-8-5-2/h8,11,14,17,20,23,26,28,30,32-33,35,53H,4-7,9-10,12-13,15-16,18-19,21-22,24-25,27,29,31,34,36-52H2,1-3H3/b11-8-,17-14-,23-20-,28-26-,33-30-,35-32-. The van der Waals surface area contributed by atoms with Gasteiger partial charge < -0.3 is 14.2 Å². The lowest BCUT2D eigenvalue weighted by molar-refractivity contribution is -0.167. The zero-order valence-electron chi connectivity index (χ0n) is 40.6. The van der Waals surface area contributed by atoms with Crippen molar-refractivity contribution < 1.29 is 28.6 Å². The van der Waals surface area contributed by atoms with Gasteiger partial charge in [0.2, 0.25) is 0 Å². The van der Waals surface area contributed by atoms with E-state index in [0.29, 0.717) is 19.3 Å². The van der Waals surface area contributed by atoms with Crippen molar-refractivity contribution in [2.75, 3.05) is 13.2 Å². The molecule has 0 amide bonds. The van der Waals surface area contributed by atoms with E-state index in [1.54, 1.807) is 0 Å². The third-order valence-corrected chi connectivity index (χ3v) is 11.1. The number of carbonyl (C=O) groups excluding carboxylic acids is 3. The maximum Gasteiger partial charge on any atom is 0.306 e. The second kappa shape index (κ2) is 50.5. The number of unbranched alkanes of at least 4 members (excludes halogenated alkanes) is 27. The fourth-order valence-corrected chi connectivity index (χ4v) is 7.16. The van der Waals surface area contributed by atoms with Crippen molar-refractivity contribution in [3.05, 3.63) is 72.9 Å². The number of esters is 3. The van der Waals surface area contributed by atoms with Crippen molar-refractivity contribution in [2.45, 2.75) is 252 Å². The normalized spacial score (nSPS) is 12.6. The third-order valence-electron chi connectivity index (χ3n) is 11.1. The van der Waals surface area contributed by atoms with Crippen molar-refractivity contribution >= 4 is 17.9 Å². The molecule has 0 aromatic carbocycles. The Balaban J connectivity index is 4.46. The van der Waals surface area contributed by atoms with Crippen molar-refractivity contribution in [2.24, 2.45) is 0 Å². The van der Waals surface area contributed by atoms with Crippen LogP contribution < -0.4 is 0 Å². The van der Waals surface area contributed by atoms with Crippen molar-refractivity contribution in [3.63, 3.8) is 0 Å². The van der Waals surface area contributed by atoms with Gasteiger partial charge in [0.1, 0.15) is 13.2 Å². The van der Waals surface area contributed by atoms with E-state index in [9.17, 15) is 14.4 Å². The lowest BCUT2D eigenvalue weighted by Crippen LogP contribution is -2.30. The minimum Gasteiger partial charge on any atom is -0.462 e. The van der Waals surface area contributed by atoms with Crippen LogP contribution in [0.4, 0.5) is 0 Å². The average molecular weight is 865 g/mol. The Morgan fingerprint density at radius 2 is 0.645 bits per heavy atom. The molecule has 0 radical (unpaired) electrons. The van der Waals surface area contributed by atoms with E-state index in [1.165, 1.54) is 122 Å². The molecular formula is C56H96O6. The van der Waals surface area contributed by atoms with Gasteiger partial charge in [-0.2, -0.15) is 0 Å². The molecule has 0 aliphatic carbocycles. The van der Waals surface area contributed by atoms with E-state index in [0.717, 1.165) is 77.0 Å². The SMILES string of the molecule is CC\C=C/C=C\C=C/C=C\C=C/CCCCCC(=O)OC(COC(=O)CCCCC/C=C\CCCCCCCC)COC(=O)CCCCCCCCCCCCCCCCCC. The molecule has 0 fully saturated rings. The summed E-state index contributed by atoms with van der Waals surface area (Å²) in [6.07, 6.45) is 63.1. The topological polar surface area (TPSA) is 78.9 Å². The molecule has 0 spiro atoms. The number of ether oxygens (including phenoxy) is 3. The minimum absolute atomic E-state index is 0.0958. The van der Waals surface area contributed by atoms with Gasteiger partial charge in [0.25, 0.3) is 0 Å². The molecule has 1 unspecified atom stereocenters. The first-order valence-corrected chi connectivity index (χ1v) is 26.0. The summed E-state index contributed by atoms with van der Waals surface area (Å²) < 4.78 is 16.8. The van der Waals surface area contributed by atoms with Gasteiger partial charge in [-0.3, -0.25) is 14.4 Å². The maximum atomic E-state index is 12.8. The molecule has 0 rings (SSSR count). The van der Waals surface area contributed by atoms with Crippen LogP contribution in [-0.4, -0.2) is 37.2 Å². The Kier molecular flexibility index (Phi) is 47.9. The number of rotatable bonds is 46. The van der Waals surface area contributed by atoms with Crippen LogP contribution in [0.3, 0.4) is 0 Å². The van der Waals surface area contributed by atoms with E-state index < -0.39 is 6.10 Å². The Morgan fingerprint density at radius 1 is 0.339 bits per heavy atom. The number of carbonyl (C=O) groups is 3. The van der Waals surface area contributed by atoms with Crippen molar-refractivity contribution in [1.29, 1.82) is 0 Å². The molecule has 0 saturated carbocycles. The Labute approximate surface area is 382 Å². The highest BCUT2D eigenvalue weighted by Crippen LogP contribution is 2.15. The molecule has 0 N–H and O–H groups in total. The molecule has 0 bridgehead atoms. The summed E-state index contributed by atoms with van der Waals surface area (Å²) in [5.74, 6) is -0.951. The van der Waals surface area contributed by atoms with E-state index in [-0.39, 0.29) is 37.5 Å². The van der Waals surface area contributed by atoms with Gasteiger partial charge in [0.05, 0.1) is 0 Å². The molecule has 1 atom stereocenters. The summed E-state index contributed by atoms with van der Waals surface area (Å²) in [5.41, 5.74) is 0. The molecular weight excluding hydrogens is 769 g/mol. The van der Waals surface area contributed by atoms with Gasteiger partial charge in [-0.05, 0) is 64.2 Å².